The Bertz CT molecular complexity index is 272. The second-order valence-corrected chi connectivity index (χ2v) is 10.2. The van der Waals surface area contributed by atoms with Gasteiger partial charge < -0.3 is 4.90 Å². The maximum absolute atomic E-state index is 2.74. The first-order valence-electron chi connectivity index (χ1n) is 13.3. The summed E-state index contributed by atoms with van der Waals surface area (Å²) in [5.74, 6) is 1.67. The van der Waals surface area contributed by atoms with Crippen LogP contribution in [0.25, 0.3) is 0 Å². The molecular formula is C27H57N. The molecule has 0 heterocycles. The van der Waals surface area contributed by atoms with Crippen molar-refractivity contribution in [2.24, 2.45) is 11.8 Å². The summed E-state index contributed by atoms with van der Waals surface area (Å²) in [5, 5.41) is 0. The highest BCUT2D eigenvalue weighted by Gasteiger charge is 2.07. The molecule has 0 saturated carbocycles. The third kappa shape index (κ3) is 22.3. The van der Waals surface area contributed by atoms with Gasteiger partial charge in [0.1, 0.15) is 0 Å². The van der Waals surface area contributed by atoms with Gasteiger partial charge in [-0.05, 0) is 50.7 Å². The minimum absolute atomic E-state index is 0.836. The topological polar surface area (TPSA) is 3.24 Å². The van der Waals surface area contributed by atoms with E-state index in [1.807, 2.05) is 0 Å². The molecule has 0 fully saturated rings. The lowest BCUT2D eigenvalue weighted by atomic mass is 10.0. The zero-order valence-electron chi connectivity index (χ0n) is 20.7. The number of hydrogen-bond donors (Lipinski definition) is 0. The minimum Gasteiger partial charge on any atom is -0.303 e. The second kappa shape index (κ2) is 21.7. The standard InChI is InChI=1S/C27H57N/c1-6-7-8-9-10-11-12-13-14-15-16-17-18-19-20-23-28(24-21-26(2)3)25-22-27(4)5/h26-27H,6-25H2,1-5H3. The summed E-state index contributed by atoms with van der Waals surface area (Å²) in [4.78, 5) is 2.74. The molecule has 0 rings (SSSR count). The first-order valence-corrected chi connectivity index (χ1v) is 13.3. The molecule has 0 aliphatic rings. The Labute approximate surface area is 180 Å². The zero-order chi connectivity index (χ0) is 20.9. The van der Waals surface area contributed by atoms with Gasteiger partial charge in [-0.2, -0.15) is 0 Å². The Morgan fingerprint density at radius 3 is 1.07 bits per heavy atom. The highest BCUT2D eigenvalue weighted by atomic mass is 15.1. The largest absolute Gasteiger partial charge is 0.303 e. The number of hydrogen-bond acceptors (Lipinski definition) is 1. The summed E-state index contributed by atoms with van der Waals surface area (Å²) < 4.78 is 0. The molecule has 0 aromatic carbocycles. The molecule has 28 heavy (non-hydrogen) atoms. The van der Waals surface area contributed by atoms with Crippen molar-refractivity contribution in [2.75, 3.05) is 19.6 Å². The van der Waals surface area contributed by atoms with E-state index in [-0.39, 0.29) is 0 Å². The van der Waals surface area contributed by atoms with Crippen molar-refractivity contribution in [1.82, 2.24) is 4.90 Å². The molecule has 0 saturated heterocycles. The van der Waals surface area contributed by atoms with E-state index < -0.39 is 0 Å². The molecule has 1 heteroatoms. The van der Waals surface area contributed by atoms with Crippen LogP contribution in [-0.4, -0.2) is 24.5 Å². The van der Waals surface area contributed by atoms with Gasteiger partial charge in [-0.3, -0.25) is 0 Å². The van der Waals surface area contributed by atoms with Crippen molar-refractivity contribution in [3.63, 3.8) is 0 Å². The van der Waals surface area contributed by atoms with Gasteiger partial charge in [0.15, 0.2) is 0 Å². The molecule has 0 bridgehead atoms. The van der Waals surface area contributed by atoms with Crippen molar-refractivity contribution >= 4 is 0 Å². The van der Waals surface area contributed by atoms with Crippen LogP contribution in [0.5, 0.6) is 0 Å². The van der Waals surface area contributed by atoms with Crippen molar-refractivity contribution in [3.05, 3.63) is 0 Å². The van der Waals surface area contributed by atoms with Gasteiger partial charge in [0.25, 0.3) is 0 Å². The van der Waals surface area contributed by atoms with Gasteiger partial charge in [-0.1, -0.05) is 125 Å². The van der Waals surface area contributed by atoms with E-state index >= 15 is 0 Å². The lowest BCUT2D eigenvalue weighted by Gasteiger charge is -2.24. The summed E-state index contributed by atoms with van der Waals surface area (Å²) in [5.41, 5.74) is 0. The predicted octanol–water partition coefficient (Wildman–Crippen LogP) is 9.25. The van der Waals surface area contributed by atoms with Crippen LogP contribution >= 0.6 is 0 Å². The Balaban J connectivity index is 3.42. The minimum atomic E-state index is 0.836. The van der Waals surface area contributed by atoms with E-state index in [0.29, 0.717) is 0 Å². The molecule has 0 aromatic heterocycles. The Morgan fingerprint density at radius 1 is 0.429 bits per heavy atom. The van der Waals surface area contributed by atoms with E-state index in [9.17, 15) is 0 Å². The second-order valence-electron chi connectivity index (χ2n) is 10.2. The van der Waals surface area contributed by atoms with E-state index in [4.69, 9.17) is 0 Å². The molecule has 0 spiro atoms. The highest BCUT2D eigenvalue weighted by Crippen LogP contribution is 2.14. The maximum Gasteiger partial charge on any atom is -0.00163 e. The van der Waals surface area contributed by atoms with Crippen LogP contribution in [0.3, 0.4) is 0 Å². The van der Waals surface area contributed by atoms with Crippen LogP contribution in [0.2, 0.25) is 0 Å². The summed E-state index contributed by atoms with van der Waals surface area (Å²) in [6.45, 7) is 15.7. The van der Waals surface area contributed by atoms with Crippen LogP contribution in [0, 0.1) is 11.8 Å². The van der Waals surface area contributed by atoms with Gasteiger partial charge in [0, 0.05) is 0 Å². The van der Waals surface area contributed by atoms with Crippen LogP contribution in [0.15, 0.2) is 0 Å². The van der Waals surface area contributed by atoms with Gasteiger partial charge in [0.05, 0.1) is 0 Å². The fourth-order valence-corrected chi connectivity index (χ4v) is 3.92. The molecule has 0 aliphatic carbocycles. The Morgan fingerprint density at radius 2 is 0.750 bits per heavy atom. The summed E-state index contributed by atoms with van der Waals surface area (Å²) in [6.07, 6.45) is 24.6. The van der Waals surface area contributed by atoms with Crippen molar-refractivity contribution in [3.8, 4) is 0 Å². The molecule has 0 aromatic rings. The molecule has 0 amide bonds. The van der Waals surface area contributed by atoms with Gasteiger partial charge in [-0.25, -0.2) is 0 Å². The summed E-state index contributed by atoms with van der Waals surface area (Å²) >= 11 is 0. The van der Waals surface area contributed by atoms with E-state index in [0.717, 1.165) is 11.8 Å². The highest BCUT2D eigenvalue weighted by molar-refractivity contribution is 4.62. The van der Waals surface area contributed by atoms with E-state index in [2.05, 4.69) is 39.5 Å². The maximum atomic E-state index is 2.74. The van der Waals surface area contributed by atoms with Crippen LogP contribution < -0.4 is 0 Å². The Kier molecular flexibility index (Phi) is 21.6. The molecular weight excluding hydrogens is 338 g/mol. The average molecular weight is 396 g/mol. The first-order chi connectivity index (χ1) is 13.6. The lowest BCUT2D eigenvalue weighted by molar-refractivity contribution is 0.238. The normalized spacial score (nSPS) is 12.0. The van der Waals surface area contributed by atoms with Crippen molar-refractivity contribution in [2.45, 2.75) is 144 Å². The first kappa shape index (κ1) is 28.0. The van der Waals surface area contributed by atoms with Gasteiger partial charge in [0.2, 0.25) is 0 Å². The van der Waals surface area contributed by atoms with Crippen molar-refractivity contribution < 1.29 is 0 Å². The molecule has 0 aliphatic heterocycles. The number of rotatable bonds is 22. The van der Waals surface area contributed by atoms with Crippen LogP contribution in [-0.2, 0) is 0 Å². The zero-order valence-corrected chi connectivity index (χ0v) is 20.7. The molecule has 0 atom stereocenters. The lowest BCUT2D eigenvalue weighted by Crippen LogP contribution is -2.28. The van der Waals surface area contributed by atoms with Crippen molar-refractivity contribution in [1.29, 1.82) is 0 Å². The fourth-order valence-electron chi connectivity index (χ4n) is 3.92. The molecule has 0 N–H and O–H groups in total. The van der Waals surface area contributed by atoms with E-state index in [1.54, 1.807) is 0 Å². The summed E-state index contributed by atoms with van der Waals surface area (Å²) in [7, 11) is 0. The van der Waals surface area contributed by atoms with Crippen LogP contribution in [0.4, 0.5) is 0 Å². The molecule has 0 radical (unpaired) electrons. The van der Waals surface area contributed by atoms with Gasteiger partial charge >= 0.3 is 0 Å². The number of unbranched alkanes of at least 4 members (excludes halogenated alkanes) is 14. The number of nitrogens with zero attached hydrogens (tertiary/aromatic N) is 1. The van der Waals surface area contributed by atoms with Crippen LogP contribution in [0.1, 0.15) is 144 Å². The SMILES string of the molecule is CCCCCCCCCCCCCCCCCN(CCC(C)C)CCC(C)C. The smallest absolute Gasteiger partial charge is 0.00163 e. The fraction of sp³-hybridized carbons (Fsp3) is 1.00. The molecule has 0 unspecified atom stereocenters. The molecule has 1 nitrogen and oxygen atoms in total. The van der Waals surface area contributed by atoms with Gasteiger partial charge in [-0.15, -0.1) is 0 Å². The quantitative estimate of drug-likeness (QED) is 0.165. The molecule has 170 valence electrons. The third-order valence-corrected chi connectivity index (χ3v) is 6.12. The monoisotopic (exact) mass is 395 g/mol. The summed E-state index contributed by atoms with van der Waals surface area (Å²) in [6, 6.07) is 0. The van der Waals surface area contributed by atoms with E-state index in [1.165, 1.54) is 129 Å². The predicted molar refractivity (Wildman–Crippen MR) is 130 cm³/mol. The average Bonchev–Trinajstić information content (AvgIpc) is 2.66. The third-order valence-electron chi connectivity index (χ3n) is 6.12. The Hall–Kier alpha value is -0.0400.